The maximum Gasteiger partial charge on any atom is 0.122 e. The minimum absolute atomic E-state index is 0.0284. The van der Waals surface area contributed by atoms with E-state index in [2.05, 4.69) is 22.0 Å². The van der Waals surface area contributed by atoms with Gasteiger partial charge in [-0.25, -0.2) is 0 Å². The van der Waals surface area contributed by atoms with Crippen molar-refractivity contribution in [1.29, 1.82) is 0 Å². The molecule has 0 atom stereocenters. The van der Waals surface area contributed by atoms with E-state index in [1.54, 1.807) is 7.11 Å². The highest BCUT2D eigenvalue weighted by molar-refractivity contribution is 9.10. The summed E-state index contributed by atoms with van der Waals surface area (Å²) in [6.07, 6.45) is 0. The third-order valence-corrected chi connectivity index (χ3v) is 5.03. The van der Waals surface area contributed by atoms with Gasteiger partial charge in [0.05, 0.1) is 39.0 Å². The lowest BCUT2D eigenvalue weighted by Crippen LogP contribution is -2.69. The zero-order chi connectivity index (χ0) is 13.5. The summed E-state index contributed by atoms with van der Waals surface area (Å²) in [5.74, 6) is 0.895. The van der Waals surface area contributed by atoms with Crippen molar-refractivity contribution < 1.29 is 14.2 Å². The van der Waals surface area contributed by atoms with Crippen molar-refractivity contribution in [2.24, 2.45) is 11.1 Å². The maximum atomic E-state index is 6.04. The Morgan fingerprint density at radius 1 is 1.26 bits per heavy atom. The van der Waals surface area contributed by atoms with Crippen LogP contribution >= 0.6 is 15.9 Å². The molecular formula is C14H18BrNO3. The van der Waals surface area contributed by atoms with Crippen molar-refractivity contribution in [1.82, 2.24) is 0 Å². The van der Waals surface area contributed by atoms with Crippen LogP contribution in [0, 0.1) is 5.41 Å². The summed E-state index contributed by atoms with van der Waals surface area (Å²) in [6.45, 7) is 3.36. The summed E-state index contributed by atoms with van der Waals surface area (Å²) >= 11 is 3.54. The number of hydrogen-bond donors (Lipinski definition) is 1. The van der Waals surface area contributed by atoms with Crippen LogP contribution in [0.15, 0.2) is 22.7 Å². The fraction of sp³-hybridized carbons (Fsp3) is 0.571. The quantitative estimate of drug-likeness (QED) is 0.914. The average Bonchev–Trinajstić information content (AvgIpc) is 2.31. The summed E-state index contributed by atoms with van der Waals surface area (Å²) in [5.41, 5.74) is 7.10. The van der Waals surface area contributed by atoms with Crippen LogP contribution < -0.4 is 10.5 Å². The molecule has 0 bridgehead atoms. The first-order chi connectivity index (χ1) is 9.17. The van der Waals surface area contributed by atoms with E-state index in [1.807, 2.05) is 12.1 Å². The standard InChI is InChI=1S/C14H18BrNO3/c1-17-12-3-2-10(15)4-11(12)14(8-19-9-14)13(5-16)6-18-7-13/h2-4H,5-9,16H2,1H3. The Balaban J connectivity index is 2.09. The number of rotatable bonds is 4. The van der Waals surface area contributed by atoms with Crippen LogP contribution in [0.3, 0.4) is 0 Å². The van der Waals surface area contributed by atoms with Gasteiger partial charge in [-0.05, 0) is 18.2 Å². The van der Waals surface area contributed by atoms with Crippen LogP contribution in [0.5, 0.6) is 5.75 Å². The Labute approximate surface area is 121 Å². The van der Waals surface area contributed by atoms with Crippen LogP contribution in [0.1, 0.15) is 5.56 Å². The molecule has 2 heterocycles. The molecule has 0 amide bonds. The van der Waals surface area contributed by atoms with Crippen LogP contribution in [0.4, 0.5) is 0 Å². The first-order valence-corrected chi connectivity index (χ1v) is 7.16. The van der Waals surface area contributed by atoms with Gasteiger partial charge >= 0.3 is 0 Å². The first kappa shape index (κ1) is 13.4. The van der Waals surface area contributed by atoms with Gasteiger partial charge in [0.2, 0.25) is 0 Å². The van der Waals surface area contributed by atoms with E-state index >= 15 is 0 Å². The van der Waals surface area contributed by atoms with Gasteiger partial charge in [-0.2, -0.15) is 0 Å². The van der Waals surface area contributed by atoms with Crippen molar-refractivity contribution in [2.75, 3.05) is 40.1 Å². The van der Waals surface area contributed by atoms with Crippen molar-refractivity contribution in [3.63, 3.8) is 0 Å². The molecular weight excluding hydrogens is 310 g/mol. The SMILES string of the molecule is COc1ccc(Br)cc1C1(C2(CN)COC2)COC1. The average molecular weight is 328 g/mol. The van der Waals surface area contributed by atoms with Gasteiger partial charge < -0.3 is 19.9 Å². The third kappa shape index (κ3) is 1.76. The van der Waals surface area contributed by atoms with Crippen molar-refractivity contribution in [3.8, 4) is 5.75 Å². The lowest BCUT2D eigenvalue weighted by Gasteiger charge is -2.59. The molecule has 0 saturated carbocycles. The van der Waals surface area contributed by atoms with Gasteiger partial charge in [0, 0.05) is 22.0 Å². The predicted molar refractivity (Wildman–Crippen MR) is 75.5 cm³/mol. The highest BCUT2D eigenvalue weighted by atomic mass is 79.9. The molecule has 2 saturated heterocycles. The van der Waals surface area contributed by atoms with E-state index in [0.717, 1.165) is 10.2 Å². The Morgan fingerprint density at radius 2 is 1.95 bits per heavy atom. The number of benzene rings is 1. The van der Waals surface area contributed by atoms with Gasteiger partial charge in [0.1, 0.15) is 5.75 Å². The number of methoxy groups -OCH3 is 1. The van der Waals surface area contributed by atoms with Crippen LogP contribution in [0.2, 0.25) is 0 Å². The van der Waals surface area contributed by atoms with Gasteiger partial charge in [0.15, 0.2) is 0 Å². The second-order valence-corrected chi connectivity index (χ2v) is 6.31. The molecule has 4 nitrogen and oxygen atoms in total. The summed E-state index contributed by atoms with van der Waals surface area (Å²) in [7, 11) is 1.70. The molecule has 104 valence electrons. The van der Waals surface area contributed by atoms with Crippen LogP contribution in [-0.4, -0.2) is 40.1 Å². The maximum absolute atomic E-state index is 6.04. The molecule has 0 aliphatic carbocycles. The molecule has 0 unspecified atom stereocenters. The Bertz CT molecular complexity index is 478. The van der Waals surface area contributed by atoms with Crippen molar-refractivity contribution >= 4 is 15.9 Å². The second kappa shape index (κ2) is 4.74. The van der Waals surface area contributed by atoms with Gasteiger partial charge in [0.25, 0.3) is 0 Å². The normalized spacial score (nSPS) is 23.3. The topological polar surface area (TPSA) is 53.7 Å². The number of nitrogens with two attached hydrogens (primary N) is 1. The molecule has 2 N–H and O–H groups in total. The van der Waals surface area contributed by atoms with E-state index in [1.165, 1.54) is 5.56 Å². The monoisotopic (exact) mass is 327 g/mol. The van der Waals surface area contributed by atoms with E-state index in [0.29, 0.717) is 33.0 Å². The van der Waals surface area contributed by atoms with E-state index < -0.39 is 0 Å². The minimum atomic E-state index is -0.0882. The molecule has 0 spiro atoms. The van der Waals surface area contributed by atoms with E-state index in [-0.39, 0.29) is 10.8 Å². The number of halogens is 1. The molecule has 19 heavy (non-hydrogen) atoms. The van der Waals surface area contributed by atoms with Gasteiger partial charge in [-0.1, -0.05) is 15.9 Å². The lowest BCUT2D eigenvalue weighted by molar-refractivity contribution is -0.224. The minimum Gasteiger partial charge on any atom is -0.496 e. The predicted octanol–water partition coefficient (Wildman–Crippen LogP) is 1.70. The van der Waals surface area contributed by atoms with Gasteiger partial charge in [-0.3, -0.25) is 0 Å². The molecule has 1 aromatic carbocycles. The Kier molecular flexibility index (Phi) is 3.33. The highest BCUT2D eigenvalue weighted by Crippen LogP contribution is 2.53. The van der Waals surface area contributed by atoms with Crippen LogP contribution in [0.25, 0.3) is 0 Å². The summed E-state index contributed by atoms with van der Waals surface area (Å²) in [5, 5.41) is 0. The molecule has 2 aliphatic heterocycles. The lowest BCUT2D eigenvalue weighted by atomic mass is 9.57. The zero-order valence-corrected chi connectivity index (χ0v) is 12.5. The smallest absolute Gasteiger partial charge is 0.122 e. The molecule has 1 aromatic rings. The molecule has 3 rings (SSSR count). The molecule has 2 fully saturated rings. The first-order valence-electron chi connectivity index (χ1n) is 6.37. The number of hydrogen-bond acceptors (Lipinski definition) is 4. The largest absolute Gasteiger partial charge is 0.496 e. The third-order valence-electron chi connectivity index (χ3n) is 4.54. The summed E-state index contributed by atoms with van der Waals surface area (Å²) in [6, 6.07) is 6.10. The fourth-order valence-corrected chi connectivity index (χ4v) is 3.41. The van der Waals surface area contributed by atoms with E-state index in [9.17, 15) is 0 Å². The molecule has 2 aliphatic rings. The molecule has 5 heteroatoms. The van der Waals surface area contributed by atoms with Crippen LogP contribution in [-0.2, 0) is 14.9 Å². The molecule has 0 aromatic heterocycles. The summed E-state index contributed by atoms with van der Waals surface area (Å²) in [4.78, 5) is 0. The second-order valence-electron chi connectivity index (χ2n) is 5.40. The van der Waals surface area contributed by atoms with E-state index in [4.69, 9.17) is 19.9 Å². The zero-order valence-electron chi connectivity index (χ0n) is 10.9. The summed E-state index contributed by atoms with van der Waals surface area (Å²) < 4.78 is 17.6. The Hall–Kier alpha value is -0.620. The fourth-order valence-electron chi connectivity index (χ4n) is 3.05. The molecule has 0 radical (unpaired) electrons. The van der Waals surface area contributed by atoms with Gasteiger partial charge in [-0.15, -0.1) is 0 Å². The number of ether oxygens (including phenoxy) is 3. The van der Waals surface area contributed by atoms with Crippen molar-refractivity contribution in [3.05, 3.63) is 28.2 Å². The highest BCUT2D eigenvalue weighted by Gasteiger charge is 2.61. The Morgan fingerprint density at radius 3 is 2.37 bits per heavy atom. The van der Waals surface area contributed by atoms with Crippen molar-refractivity contribution in [2.45, 2.75) is 5.41 Å².